The number of para-hydroxylation sites is 2. The third-order valence-electron chi connectivity index (χ3n) is 4.68. The molecule has 7 nitrogen and oxygen atoms in total. The number of nitrogens with one attached hydrogen (secondary N) is 3. The summed E-state index contributed by atoms with van der Waals surface area (Å²) in [6, 6.07) is 14.6. The topological polar surface area (TPSA) is 88.7 Å². The van der Waals surface area contributed by atoms with Crippen molar-refractivity contribution in [2.24, 2.45) is 0 Å². The summed E-state index contributed by atoms with van der Waals surface area (Å²) >= 11 is 0. The molecule has 30 heavy (non-hydrogen) atoms. The fourth-order valence-electron chi connectivity index (χ4n) is 3.20. The molecule has 0 radical (unpaired) electrons. The fraction of sp³-hybridized carbons (Fsp3) is 0.391. The minimum atomic E-state index is -0.194. The molecule has 0 aromatic heterocycles. The molecular formula is C23H29N3O4. The maximum atomic E-state index is 12.4. The number of carbonyl (C=O) groups excluding carboxylic acids is 2. The van der Waals surface area contributed by atoms with Crippen LogP contribution in [0.3, 0.4) is 0 Å². The summed E-state index contributed by atoms with van der Waals surface area (Å²) in [6.45, 7) is 3.33. The van der Waals surface area contributed by atoms with E-state index in [4.69, 9.17) is 9.47 Å². The third-order valence-corrected chi connectivity index (χ3v) is 4.68. The molecule has 1 unspecified atom stereocenters. The SMILES string of the molecule is CCCC(=O)Nc1cccc(NC(=O)CNc2ccccc2OCC2CCCO2)c1. The second-order valence-electron chi connectivity index (χ2n) is 7.22. The first-order valence-electron chi connectivity index (χ1n) is 10.4. The van der Waals surface area contributed by atoms with Crippen molar-refractivity contribution in [3.63, 3.8) is 0 Å². The Morgan fingerprint density at radius 1 is 1.07 bits per heavy atom. The predicted octanol–water partition coefficient (Wildman–Crippen LogP) is 4.03. The van der Waals surface area contributed by atoms with Crippen LogP contribution in [0.15, 0.2) is 48.5 Å². The van der Waals surface area contributed by atoms with Gasteiger partial charge in [-0.3, -0.25) is 9.59 Å². The smallest absolute Gasteiger partial charge is 0.243 e. The molecule has 0 saturated carbocycles. The molecule has 1 saturated heterocycles. The van der Waals surface area contributed by atoms with Crippen LogP contribution in [0.2, 0.25) is 0 Å². The summed E-state index contributed by atoms with van der Waals surface area (Å²) in [5, 5.41) is 8.79. The average molecular weight is 412 g/mol. The van der Waals surface area contributed by atoms with Gasteiger partial charge in [0.05, 0.1) is 18.3 Å². The highest BCUT2D eigenvalue weighted by molar-refractivity contribution is 5.95. The fourth-order valence-corrected chi connectivity index (χ4v) is 3.20. The molecule has 2 aromatic rings. The Kier molecular flexibility index (Phi) is 8.09. The first-order chi connectivity index (χ1) is 14.6. The van der Waals surface area contributed by atoms with Crippen LogP contribution in [-0.2, 0) is 14.3 Å². The van der Waals surface area contributed by atoms with E-state index in [2.05, 4.69) is 16.0 Å². The molecule has 1 heterocycles. The van der Waals surface area contributed by atoms with E-state index >= 15 is 0 Å². The molecule has 0 aliphatic carbocycles. The number of amides is 2. The van der Waals surface area contributed by atoms with Crippen LogP contribution in [0.5, 0.6) is 5.75 Å². The van der Waals surface area contributed by atoms with Crippen molar-refractivity contribution in [3.8, 4) is 5.75 Å². The molecule has 1 fully saturated rings. The first kappa shape index (κ1) is 21.6. The Labute approximate surface area is 177 Å². The molecule has 2 amide bonds. The zero-order chi connectivity index (χ0) is 21.2. The van der Waals surface area contributed by atoms with Gasteiger partial charge in [-0.1, -0.05) is 25.1 Å². The summed E-state index contributed by atoms with van der Waals surface area (Å²) in [4.78, 5) is 24.1. The van der Waals surface area contributed by atoms with Crippen molar-refractivity contribution >= 4 is 28.9 Å². The number of carbonyl (C=O) groups is 2. The molecule has 1 aliphatic rings. The Hall–Kier alpha value is -3.06. The standard InChI is InChI=1S/C23H29N3O4/c1-2-7-22(27)25-17-8-5-9-18(14-17)26-23(28)15-24-20-11-3-4-12-21(20)30-16-19-10-6-13-29-19/h3-5,8-9,11-12,14,19,24H,2,6-7,10,13,15-16H2,1H3,(H,25,27)(H,26,28). The molecular weight excluding hydrogens is 382 g/mol. The van der Waals surface area contributed by atoms with Crippen LogP contribution in [-0.4, -0.2) is 37.7 Å². The van der Waals surface area contributed by atoms with Crippen LogP contribution in [0.25, 0.3) is 0 Å². The van der Waals surface area contributed by atoms with Gasteiger partial charge >= 0.3 is 0 Å². The molecule has 7 heteroatoms. The van der Waals surface area contributed by atoms with Crippen molar-refractivity contribution in [2.75, 3.05) is 35.7 Å². The minimum absolute atomic E-state index is 0.0396. The lowest BCUT2D eigenvalue weighted by Gasteiger charge is -2.15. The number of rotatable bonds is 10. The van der Waals surface area contributed by atoms with E-state index in [1.165, 1.54) is 0 Å². The van der Waals surface area contributed by atoms with Crippen LogP contribution in [0.4, 0.5) is 17.1 Å². The highest BCUT2D eigenvalue weighted by atomic mass is 16.5. The van der Waals surface area contributed by atoms with Gasteiger partial charge in [-0.05, 0) is 49.6 Å². The van der Waals surface area contributed by atoms with E-state index in [0.29, 0.717) is 30.2 Å². The predicted molar refractivity (Wildman–Crippen MR) is 118 cm³/mol. The molecule has 0 spiro atoms. The normalized spacial score (nSPS) is 15.4. The average Bonchev–Trinajstić information content (AvgIpc) is 3.25. The Morgan fingerprint density at radius 3 is 2.57 bits per heavy atom. The van der Waals surface area contributed by atoms with Gasteiger partial charge in [0.15, 0.2) is 0 Å². The van der Waals surface area contributed by atoms with E-state index in [-0.39, 0.29) is 24.5 Å². The maximum absolute atomic E-state index is 12.4. The Bertz CT molecular complexity index is 850. The van der Waals surface area contributed by atoms with Gasteiger partial charge in [-0.2, -0.15) is 0 Å². The van der Waals surface area contributed by atoms with Gasteiger partial charge in [0, 0.05) is 24.4 Å². The van der Waals surface area contributed by atoms with Crippen LogP contribution in [0, 0.1) is 0 Å². The van der Waals surface area contributed by atoms with E-state index in [9.17, 15) is 9.59 Å². The molecule has 3 N–H and O–H groups in total. The monoisotopic (exact) mass is 411 g/mol. The lowest BCUT2D eigenvalue weighted by atomic mass is 10.2. The van der Waals surface area contributed by atoms with Crippen molar-refractivity contribution in [2.45, 2.75) is 38.7 Å². The number of anilines is 3. The minimum Gasteiger partial charge on any atom is -0.489 e. The largest absolute Gasteiger partial charge is 0.489 e. The van der Waals surface area contributed by atoms with Crippen LogP contribution >= 0.6 is 0 Å². The van der Waals surface area contributed by atoms with Gasteiger partial charge < -0.3 is 25.4 Å². The van der Waals surface area contributed by atoms with E-state index in [1.807, 2.05) is 31.2 Å². The summed E-state index contributed by atoms with van der Waals surface area (Å²) < 4.78 is 11.5. The number of hydrogen-bond acceptors (Lipinski definition) is 5. The molecule has 160 valence electrons. The van der Waals surface area contributed by atoms with Crippen molar-refractivity contribution in [1.82, 2.24) is 0 Å². The van der Waals surface area contributed by atoms with Crippen molar-refractivity contribution < 1.29 is 19.1 Å². The maximum Gasteiger partial charge on any atom is 0.243 e. The van der Waals surface area contributed by atoms with Gasteiger partial charge in [-0.15, -0.1) is 0 Å². The van der Waals surface area contributed by atoms with E-state index in [1.54, 1.807) is 24.3 Å². The molecule has 1 atom stereocenters. The lowest BCUT2D eigenvalue weighted by molar-refractivity contribution is -0.116. The van der Waals surface area contributed by atoms with Crippen LogP contribution < -0.4 is 20.7 Å². The molecule has 3 rings (SSSR count). The van der Waals surface area contributed by atoms with Gasteiger partial charge in [-0.25, -0.2) is 0 Å². The van der Waals surface area contributed by atoms with Gasteiger partial charge in [0.1, 0.15) is 12.4 Å². The van der Waals surface area contributed by atoms with Crippen LogP contribution in [0.1, 0.15) is 32.6 Å². The third kappa shape index (κ3) is 6.77. The van der Waals surface area contributed by atoms with E-state index in [0.717, 1.165) is 31.6 Å². The Morgan fingerprint density at radius 2 is 1.83 bits per heavy atom. The zero-order valence-corrected chi connectivity index (χ0v) is 17.3. The van der Waals surface area contributed by atoms with Crippen molar-refractivity contribution in [1.29, 1.82) is 0 Å². The second-order valence-corrected chi connectivity index (χ2v) is 7.22. The van der Waals surface area contributed by atoms with E-state index < -0.39 is 0 Å². The molecule has 0 bridgehead atoms. The highest BCUT2D eigenvalue weighted by Gasteiger charge is 2.17. The summed E-state index contributed by atoms with van der Waals surface area (Å²) in [7, 11) is 0. The zero-order valence-electron chi connectivity index (χ0n) is 17.3. The summed E-state index contributed by atoms with van der Waals surface area (Å²) in [5.41, 5.74) is 2.04. The highest BCUT2D eigenvalue weighted by Crippen LogP contribution is 2.25. The van der Waals surface area contributed by atoms with Crippen molar-refractivity contribution in [3.05, 3.63) is 48.5 Å². The first-order valence-corrected chi connectivity index (χ1v) is 10.4. The quantitative estimate of drug-likeness (QED) is 0.549. The summed E-state index contributed by atoms with van der Waals surface area (Å²) in [6.07, 6.45) is 3.46. The number of benzene rings is 2. The Balaban J connectivity index is 1.50. The number of ether oxygens (including phenoxy) is 2. The second kappa shape index (κ2) is 11.2. The van der Waals surface area contributed by atoms with Gasteiger partial charge in [0.2, 0.25) is 11.8 Å². The molecule has 2 aromatic carbocycles. The van der Waals surface area contributed by atoms with Gasteiger partial charge in [0.25, 0.3) is 0 Å². The molecule has 1 aliphatic heterocycles. The number of hydrogen-bond donors (Lipinski definition) is 3. The summed E-state index contributed by atoms with van der Waals surface area (Å²) in [5.74, 6) is 0.463. The lowest BCUT2D eigenvalue weighted by Crippen LogP contribution is -2.22.